The maximum absolute atomic E-state index is 11.5. The highest BCUT2D eigenvalue weighted by Gasteiger charge is 2.43. The van der Waals surface area contributed by atoms with E-state index in [2.05, 4.69) is 0 Å². The quantitative estimate of drug-likeness (QED) is 0.261. The predicted molar refractivity (Wildman–Crippen MR) is 88.1 cm³/mol. The van der Waals surface area contributed by atoms with Gasteiger partial charge < -0.3 is 20.9 Å². The highest BCUT2D eigenvalue weighted by molar-refractivity contribution is 7.86. The molecule has 0 aromatic carbocycles. The topological polar surface area (TPSA) is 167 Å². The molecule has 1 aliphatic rings. The molecule has 0 aromatic rings. The van der Waals surface area contributed by atoms with Crippen molar-refractivity contribution in [2.75, 3.05) is 13.1 Å². The Bertz CT molecular complexity index is 486. The number of unbranched alkanes of at least 4 members (excludes halogenated alkanes) is 1. The summed E-state index contributed by atoms with van der Waals surface area (Å²) in [5.41, 5.74) is 4.62. The summed E-state index contributed by atoms with van der Waals surface area (Å²) in [6.07, 6.45) is 1.95. The maximum Gasteiger partial charge on any atom is 0.451 e. The number of hydrogen-bond donors (Lipinski definition) is 5. The van der Waals surface area contributed by atoms with Crippen molar-refractivity contribution in [3.8, 4) is 0 Å². The molecule has 136 valence electrons. The minimum Gasteiger partial charge on any atom is -0.480 e. The van der Waals surface area contributed by atoms with Crippen molar-refractivity contribution < 1.29 is 28.4 Å². The molecular weight excluding hydrogens is 348 g/mol. The van der Waals surface area contributed by atoms with Crippen molar-refractivity contribution in [1.82, 2.24) is 4.31 Å². The average molecular weight is 374 g/mol. The van der Waals surface area contributed by atoms with Gasteiger partial charge in [-0.2, -0.15) is 12.7 Å². The third-order valence-electron chi connectivity index (χ3n) is 4.24. The lowest BCUT2D eigenvalue weighted by Crippen LogP contribution is -2.57. The summed E-state index contributed by atoms with van der Waals surface area (Å²) in [5.74, 6) is -1.46. The Hall–Kier alpha value is -0.425. The number of hydrogen-bond acceptors (Lipinski definition) is 6. The van der Waals surface area contributed by atoms with Gasteiger partial charge in [0.1, 0.15) is 5.54 Å². The van der Waals surface area contributed by atoms with E-state index in [1.54, 1.807) is 0 Å². The molecule has 9 nitrogen and oxygen atoms in total. The van der Waals surface area contributed by atoms with Gasteiger partial charge in [0, 0.05) is 13.1 Å². The Labute approximate surface area is 142 Å². The molecule has 1 heterocycles. The van der Waals surface area contributed by atoms with Crippen LogP contribution in [0.25, 0.3) is 0 Å². The monoisotopic (exact) mass is 373 g/mol. The fourth-order valence-corrected chi connectivity index (χ4v) is 3.58. The van der Waals surface area contributed by atoms with Crippen LogP contribution in [0.1, 0.15) is 32.1 Å². The van der Waals surface area contributed by atoms with Gasteiger partial charge in [-0.25, -0.2) is 5.14 Å². The number of aliphatic carboxylic acids is 1. The number of nitrogens with zero attached hydrogens (tertiary/aromatic N) is 1. The van der Waals surface area contributed by atoms with Crippen LogP contribution in [-0.2, 0) is 15.0 Å². The van der Waals surface area contributed by atoms with E-state index in [0.29, 0.717) is 25.7 Å². The number of nitrogens with two attached hydrogens (primary N) is 2. The molecule has 12 heteroatoms. The number of carboxylic acid groups (broad SMARTS) is 1. The van der Waals surface area contributed by atoms with Crippen LogP contribution >= 0.6 is 12.4 Å². The number of carboxylic acids is 1. The van der Waals surface area contributed by atoms with E-state index in [0.717, 1.165) is 4.31 Å². The van der Waals surface area contributed by atoms with Gasteiger partial charge in [-0.1, -0.05) is 12.8 Å². The van der Waals surface area contributed by atoms with Gasteiger partial charge in [0.15, 0.2) is 0 Å². The molecule has 7 N–H and O–H groups in total. The van der Waals surface area contributed by atoms with Gasteiger partial charge in [-0.3, -0.25) is 4.79 Å². The summed E-state index contributed by atoms with van der Waals surface area (Å²) < 4.78 is 23.6. The first-order chi connectivity index (χ1) is 10.1. The Morgan fingerprint density at radius 2 is 1.78 bits per heavy atom. The van der Waals surface area contributed by atoms with E-state index < -0.39 is 28.8 Å². The number of carbonyl (C=O) groups is 1. The second-order valence-corrected chi connectivity index (χ2v) is 7.34. The molecule has 23 heavy (non-hydrogen) atoms. The lowest BCUT2D eigenvalue weighted by Gasteiger charge is -2.39. The fraction of sp³-hybridized carbons (Fsp3) is 0.909. The van der Waals surface area contributed by atoms with Crippen LogP contribution in [0.5, 0.6) is 0 Å². The molecular formula is C11H25BClN3O6S. The molecule has 1 atom stereocenters. The predicted octanol–water partition coefficient (Wildman–Crippen LogP) is -1.25. The van der Waals surface area contributed by atoms with Crippen molar-refractivity contribution in [2.45, 2.75) is 44.0 Å². The van der Waals surface area contributed by atoms with Crippen LogP contribution in [-0.4, -0.2) is 59.6 Å². The number of halogens is 1. The first kappa shape index (κ1) is 22.6. The molecule has 1 aliphatic heterocycles. The summed E-state index contributed by atoms with van der Waals surface area (Å²) in [6, 6.07) is 0. The van der Waals surface area contributed by atoms with Crippen molar-refractivity contribution >= 4 is 35.7 Å². The van der Waals surface area contributed by atoms with E-state index >= 15 is 0 Å². The minimum absolute atomic E-state index is 0. The van der Waals surface area contributed by atoms with Crippen LogP contribution in [0.15, 0.2) is 0 Å². The molecule has 1 saturated heterocycles. The Morgan fingerprint density at radius 1 is 1.26 bits per heavy atom. The molecule has 1 rings (SSSR count). The summed E-state index contributed by atoms with van der Waals surface area (Å²) in [6.45, 7) is 0.316. The highest BCUT2D eigenvalue weighted by atomic mass is 35.5. The molecule has 0 aromatic heterocycles. The Morgan fingerprint density at radius 3 is 2.17 bits per heavy atom. The summed E-state index contributed by atoms with van der Waals surface area (Å²) in [7, 11) is -5.16. The molecule has 0 spiro atoms. The zero-order valence-electron chi connectivity index (χ0n) is 12.8. The highest BCUT2D eigenvalue weighted by Crippen LogP contribution is 2.31. The summed E-state index contributed by atoms with van der Waals surface area (Å²) in [5, 5.41) is 32.1. The maximum atomic E-state index is 11.5. The van der Waals surface area contributed by atoms with Gasteiger partial charge in [-0.05, 0) is 31.5 Å². The molecule has 1 unspecified atom stereocenters. The lowest BCUT2D eigenvalue weighted by molar-refractivity contribution is -0.146. The van der Waals surface area contributed by atoms with Gasteiger partial charge in [-0.15, -0.1) is 12.4 Å². The van der Waals surface area contributed by atoms with Crippen LogP contribution in [0.2, 0.25) is 6.32 Å². The Balaban J connectivity index is 0.00000484. The largest absolute Gasteiger partial charge is 0.480 e. The normalized spacial score (nSPS) is 19.7. The molecule has 0 saturated carbocycles. The van der Waals surface area contributed by atoms with Crippen LogP contribution < -0.4 is 10.9 Å². The van der Waals surface area contributed by atoms with Gasteiger partial charge in [0.25, 0.3) is 10.2 Å². The van der Waals surface area contributed by atoms with Crippen molar-refractivity contribution in [3.05, 3.63) is 0 Å². The van der Waals surface area contributed by atoms with Crippen LogP contribution in [0, 0.1) is 5.92 Å². The third-order valence-corrected chi connectivity index (χ3v) is 5.33. The van der Waals surface area contributed by atoms with Crippen molar-refractivity contribution in [3.63, 3.8) is 0 Å². The number of rotatable bonds is 8. The smallest absolute Gasteiger partial charge is 0.451 e. The van der Waals surface area contributed by atoms with Gasteiger partial charge >= 0.3 is 13.1 Å². The molecule has 0 bridgehead atoms. The fourth-order valence-electron chi connectivity index (χ4n) is 2.86. The van der Waals surface area contributed by atoms with Crippen LogP contribution in [0.3, 0.4) is 0 Å². The SMILES string of the molecule is Cl.NC(CCCCB(O)O)(C(=O)O)C1CCN(S(N)(=O)=O)CC1. The van der Waals surface area contributed by atoms with Crippen LogP contribution in [0.4, 0.5) is 0 Å². The number of piperidine rings is 1. The Kier molecular flexibility index (Phi) is 8.99. The second kappa shape index (κ2) is 9.16. The molecule has 0 radical (unpaired) electrons. The molecule has 0 amide bonds. The van der Waals surface area contributed by atoms with E-state index in [1.807, 2.05) is 0 Å². The first-order valence-electron chi connectivity index (χ1n) is 7.23. The zero-order chi connectivity index (χ0) is 17.0. The molecule has 0 aliphatic carbocycles. The lowest BCUT2D eigenvalue weighted by atomic mass is 9.74. The van der Waals surface area contributed by atoms with Gasteiger partial charge in [0.2, 0.25) is 0 Å². The third kappa shape index (κ3) is 6.53. The van der Waals surface area contributed by atoms with Gasteiger partial charge in [0.05, 0.1) is 0 Å². The zero-order valence-corrected chi connectivity index (χ0v) is 14.4. The minimum atomic E-state index is -3.76. The standard InChI is InChI=1S/C11H24BN3O6S.ClH/c13-11(10(16)17,5-1-2-6-12(18)19)9-3-7-15(8-4-9)22(14,20)21;/h9,18-19H,1-8,13H2,(H,16,17)(H2,14,20,21);1H. The van der Waals surface area contributed by atoms with Crippen molar-refractivity contribution in [2.24, 2.45) is 16.8 Å². The summed E-state index contributed by atoms with van der Waals surface area (Å²) >= 11 is 0. The first-order valence-corrected chi connectivity index (χ1v) is 8.74. The van der Waals surface area contributed by atoms with E-state index in [-0.39, 0.29) is 44.2 Å². The second-order valence-electron chi connectivity index (χ2n) is 5.79. The van der Waals surface area contributed by atoms with E-state index in [1.165, 1.54) is 0 Å². The average Bonchev–Trinajstić information content (AvgIpc) is 2.42. The summed E-state index contributed by atoms with van der Waals surface area (Å²) in [4.78, 5) is 11.5. The van der Waals surface area contributed by atoms with E-state index in [9.17, 15) is 18.3 Å². The van der Waals surface area contributed by atoms with Crippen molar-refractivity contribution in [1.29, 1.82) is 0 Å². The van der Waals surface area contributed by atoms with E-state index in [4.69, 9.17) is 20.9 Å². The molecule has 1 fully saturated rings.